The van der Waals surface area contributed by atoms with Gasteiger partial charge in [0, 0.05) is 7.05 Å². The van der Waals surface area contributed by atoms with Gasteiger partial charge in [0.2, 0.25) is 11.8 Å². The quantitative estimate of drug-likeness (QED) is 0.442. The van der Waals surface area contributed by atoms with Crippen molar-refractivity contribution >= 4 is 23.4 Å². The van der Waals surface area contributed by atoms with Crippen molar-refractivity contribution in [2.75, 3.05) is 24.3 Å². The summed E-state index contributed by atoms with van der Waals surface area (Å²) < 4.78 is 4.80. The summed E-state index contributed by atoms with van der Waals surface area (Å²) in [7, 11) is 1.58. The fourth-order valence-corrected chi connectivity index (χ4v) is 1.27. The molecule has 0 aromatic carbocycles. The molecule has 19 heavy (non-hydrogen) atoms. The highest BCUT2D eigenvalue weighted by molar-refractivity contribution is 5.79. The first-order valence-corrected chi connectivity index (χ1v) is 5.62. The molecule has 1 heterocycles. The van der Waals surface area contributed by atoms with Crippen molar-refractivity contribution in [2.45, 2.75) is 19.9 Å². The summed E-state index contributed by atoms with van der Waals surface area (Å²) in [5, 5.41) is 16.2. The zero-order valence-electron chi connectivity index (χ0n) is 10.8. The summed E-state index contributed by atoms with van der Waals surface area (Å²) >= 11 is 0. The number of carbonyl (C=O) groups excluding carboxylic acids is 1. The van der Waals surface area contributed by atoms with E-state index in [4.69, 9.17) is 4.74 Å². The molecular formula is C10H15N5O4. The van der Waals surface area contributed by atoms with E-state index >= 15 is 0 Å². The lowest BCUT2D eigenvalue weighted by Gasteiger charge is -2.13. The molecule has 1 atom stereocenters. The van der Waals surface area contributed by atoms with Crippen molar-refractivity contribution < 1.29 is 14.5 Å². The van der Waals surface area contributed by atoms with Crippen LogP contribution in [0.2, 0.25) is 0 Å². The molecule has 0 bridgehead atoms. The second-order valence-electron chi connectivity index (χ2n) is 3.55. The lowest BCUT2D eigenvalue weighted by molar-refractivity contribution is -0.384. The van der Waals surface area contributed by atoms with Crippen LogP contribution < -0.4 is 10.6 Å². The molecule has 0 radical (unpaired) electrons. The Morgan fingerprint density at radius 2 is 2.32 bits per heavy atom. The number of ether oxygens (including phenoxy) is 1. The number of nitro groups is 1. The lowest BCUT2D eigenvalue weighted by Crippen LogP contribution is -2.29. The van der Waals surface area contributed by atoms with Crippen LogP contribution in [0.15, 0.2) is 6.20 Å². The van der Waals surface area contributed by atoms with Crippen LogP contribution in [0.5, 0.6) is 0 Å². The molecule has 0 aliphatic rings. The van der Waals surface area contributed by atoms with Crippen molar-refractivity contribution in [1.29, 1.82) is 0 Å². The molecule has 1 aromatic heterocycles. The summed E-state index contributed by atoms with van der Waals surface area (Å²) in [5.41, 5.74) is -0.310. The van der Waals surface area contributed by atoms with Crippen LogP contribution in [0, 0.1) is 10.1 Å². The van der Waals surface area contributed by atoms with E-state index in [0.717, 1.165) is 6.20 Å². The molecule has 1 unspecified atom stereocenters. The van der Waals surface area contributed by atoms with E-state index in [1.54, 1.807) is 14.0 Å². The number of rotatable bonds is 6. The van der Waals surface area contributed by atoms with E-state index in [1.165, 1.54) is 6.92 Å². The fraction of sp³-hybridized carbons (Fsp3) is 0.500. The normalized spacial score (nSPS) is 11.5. The van der Waals surface area contributed by atoms with Gasteiger partial charge < -0.3 is 15.4 Å². The highest BCUT2D eigenvalue weighted by Crippen LogP contribution is 2.22. The number of hydrogen-bond donors (Lipinski definition) is 2. The highest BCUT2D eigenvalue weighted by Gasteiger charge is 2.22. The molecule has 0 aliphatic carbocycles. The molecule has 0 aliphatic heterocycles. The molecule has 2 N–H and O–H groups in total. The van der Waals surface area contributed by atoms with Gasteiger partial charge in [-0.1, -0.05) is 0 Å². The largest absolute Gasteiger partial charge is 0.464 e. The minimum absolute atomic E-state index is 0.0371. The Kier molecular flexibility index (Phi) is 4.98. The van der Waals surface area contributed by atoms with Gasteiger partial charge in [0.15, 0.2) is 0 Å². The third kappa shape index (κ3) is 3.76. The van der Waals surface area contributed by atoms with Crippen LogP contribution in [-0.4, -0.2) is 40.6 Å². The Labute approximate surface area is 109 Å². The summed E-state index contributed by atoms with van der Waals surface area (Å²) in [6.45, 7) is 3.44. The second kappa shape index (κ2) is 6.47. The molecule has 1 aromatic rings. The van der Waals surface area contributed by atoms with Crippen LogP contribution in [0.3, 0.4) is 0 Å². The third-order valence-corrected chi connectivity index (χ3v) is 2.18. The van der Waals surface area contributed by atoms with Crippen LogP contribution in [0.1, 0.15) is 13.8 Å². The maximum Gasteiger partial charge on any atom is 0.329 e. The van der Waals surface area contributed by atoms with Crippen LogP contribution in [0.25, 0.3) is 0 Å². The van der Waals surface area contributed by atoms with Crippen molar-refractivity contribution in [3.63, 3.8) is 0 Å². The molecule has 0 spiro atoms. The van der Waals surface area contributed by atoms with Crippen molar-refractivity contribution in [2.24, 2.45) is 0 Å². The van der Waals surface area contributed by atoms with Gasteiger partial charge in [-0.25, -0.2) is 9.78 Å². The molecular weight excluding hydrogens is 254 g/mol. The molecule has 0 saturated carbocycles. The number of nitrogens with zero attached hydrogens (tertiary/aromatic N) is 3. The van der Waals surface area contributed by atoms with E-state index in [1.807, 2.05) is 0 Å². The number of esters is 1. The van der Waals surface area contributed by atoms with E-state index in [2.05, 4.69) is 20.6 Å². The maximum atomic E-state index is 11.5. The zero-order chi connectivity index (χ0) is 14.4. The van der Waals surface area contributed by atoms with E-state index < -0.39 is 16.9 Å². The third-order valence-electron chi connectivity index (χ3n) is 2.18. The monoisotopic (exact) mass is 269 g/mol. The summed E-state index contributed by atoms with van der Waals surface area (Å²) in [4.78, 5) is 29.4. The van der Waals surface area contributed by atoms with Gasteiger partial charge in [0.25, 0.3) is 0 Å². The number of carbonyl (C=O) groups is 1. The number of hydrogen-bond acceptors (Lipinski definition) is 8. The van der Waals surface area contributed by atoms with E-state index in [9.17, 15) is 14.9 Å². The molecule has 0 amide bonds. The summed E-state index contributed by atoms with van der Waals surface area (Å²) in [6, 6.07) is -0.752. The molecule has 0 saturated heterocycles. The van der Waals surface area contributed by atoms with Crippen LogP contribution in [-0.2, 0) is 9.53 Å². The zero-order valence-corrected chi connectivity index (χ0v) is 10.8. The van der Waals surface area contributed by atoms with Gasteiger partial charge in [0.1, 0.15) is 12.2 Å². The molecule has 9 heteroatoms. The first-order chi connectivity index (χ1) is 8.99. The van der Waals surface area contributed by atoms with Gasteiger partial charge in [0.05, 0.1) is 11.5 Å². The van der Waals surface area contributed by atoms with Gasteiger partial charge in [-0.2, -0.15) is 4.98 Å². The van der Waals surface area contributed by atoms with E-state index in [0.29, 0.717) is 0 Å². The standard InChI is InChI=1S/C10H15N5O4/c1-4-19-9(16)6(2)13-8-7(15(17)18)5-12-10(11-3)14-8/h5-6H,4H2,1-3H3,(H2,11,12,13,14). The van der Waals surface area contributed by atoms with Crippen molar-refractivity contribution in [1.82, 2.24) is 9.97 Å². The predicted molar refractivity (Wildman–Crippen MR) is 68.0 cm³/mol. The predicted octanol–water partition coefficient (Wildman–Crippen LogP) is 0.790. The fourth-order valence-electron chi connectivity index (χ4n) is 1.27. The Morgan fingerprint density at radius 3 is 2.84 bits per heavy atom. The van der Waals surface area contributed by atoms with Gasteiger partial charge in [-0.15, -0.1) is 0 Å². The minimum atomic E-state index is -0.752. The van der Waals surface area contributed by atoms with Crippen molar-refractivity contribution in [3.05, 3.63) is 16.3 Å². The number of nitrogens with one attached hydrogen (secondary N) is 2. The average molecular weight is 269 g/mol. The molecule has 1 rings (SSSR count). The number of aromatic nitrogens is 2. The Balaban J connectivity index is 2.97. The number of anilines is 2. The summed E-state index contributed by atoms with van der Waals surface area (Å²) in [5.74, 6) is -0.338. The van der Waals surface area contributed by atoms with Gasteiger partial charge in [-0.3, -0.25) is 10.1 Å². The SMILES string of the molecule is CCOC(=O)C(C)Nc1nc(NC)ncc1[N+](=O)[O-]. The molecule has 104 valence electrons. The Bertz CT molecular complexity index is 479. The smallest absolute Gasteiger partial charge is 0.329 e. The average Bonchev–Trinajstić information content (AvgIpc) is 2.38. The summed E-state index contributed by atoms with van der Waals surface area (Å²) in [6.07, 6.45) is 1.07. The van der Waals surface area contributed by atoms with Crippen LogP contribution in [0.4, 0.5) is 17.5 Å². The minimum Gasteiger partial charge on any atom is -0.464 e. The van der Waals surface area contributed by atoms with Gasteiger partial charge >= 0.3 is 11.7 Å². The van der Waals surface area contributed by atoms with E-state index in [-0.39, 0.29) is 24.1 Å². The van der Waals surface area contributed by atoms with Gasteiger partial charge in [-0.05, 0) is 13.8 Å². The molecule has 9 nitrogen and oxygen atoms in total. The molecule has 0 fully saturated rings. The van der Waals surface area contributed by atoms with Crippen LogP contribution >= 0.6 is 0 Å². The lowest BCUT2D eigenvalue weighted by atomic mass is 10.3. The Morgan fingerprint density at radius 1 is 1.63 bits per heavy atom. The first kappa shape index (κ1) is 14.6. The van der Waals surface area contributed by atoms with Crippen molar-refractivity contribution in [3.8, 4) is 0 Å². The second-order valence-corrected chi connectivity index (χ2v) is 3.55. The Hall–Kier alpha value is -2.45. The highest BCUT2D eigenvalue weighted by atomic mass is 16.6. The maximum absolute atomic E-state index is 11.5. The topological polar surface area (TPSA) is 119 Å². The first-order valence-electron chi connectivity index (χ1n) is 5.62.